The van der Waals surface area contributed by atoms with Crippen LogP contribution in [0.5, 0.6) is 0 Å². The van der Waals surface area contributed by atoms with Crippen molar-refractivity contribution in [1.82, 2.24) is 14.5 Å². The number of rotatable bonds is 3. The number of ether oxygens (including phenoxy) is 1. The molecule has 2 aliphatic rings. The highest BCUT2D eigenvalue weighted by atomic mass is 16.6. The van der Waals surface area contributed by atoms with E-state index in [-0.39, 0.29) is 24.8 Å². The van der Waals surface area contributed by atoms with Crippen LogP contribution in [0.3, 0.4) is 0 Å². The summed E-state index contributed by atoms with van der Waals surface area (Å²) in [5.74, 6) is -0.417. The molecule has 0 atom stereocenters. The number of aromatic nitrogens is 2. The summed E-state index contributed by atoms with van der Waals surface area (Å²) in [6, 6.07) is 16.4. The zero-order chi connectivity index (χ0) is 20.8. The lowest BCUT2D eigenvalue weighted by Crippen LogP contribution is -2.39. The molecule has 1 aliphatic heterocycles. The Bertz CT molecular complexity index is 1120. The van der Waals surface area contributed by atoms with Crippen LogP contribution in [0.2, 0.25) is 0 Å². The van der Waals surface area contributed by atoms with E-state index in [0.29, 0.717) is 24.6 Å². The second-order valence-corrected chi connectivity index (χ2v) is 7.64. The Kier molecular flexibility index (Phi) is 4.31. The average Bonchev–Trinajstić information content (AvgIpc) is 3.25. The third kappa shape index (κ3) is 2.85. The van der Waals surface area contributed by atoms with Crippen LogP contribution in [-0.2, 0) is 17.8 Å². The third-order valence-corrected chi connectivity index (χ3v) is 5.94. The highest BCUT2D eigenvalue weighted by Crippen LogP contribution is 2.44. The van der Waals surface area contributed by atoms with E-state index in [4.69, 9.17) is 4.74 Å². The second-order valence-electron chi connectivity index (χ2n) is 7.64. The van der Waals surface area contributed by atoms with E-state index in [0.717, 1.165) is 0 Å². The summed E-state index contributed by atoms with van der Waals surface area (Å²) in [7, 11) is 0. The zero-order valence-electron chi connectivity index (χ0n) is 16.5. The first-order chi connectivity index (χ1) is 14.5. The van der Waals surface area contributed by atoms with E-state index < -0.39 is 12.1 Å². The summed E-state index contributed by atoms with van der Waals surface area (Å²) in [5.41, 5.74) is 5.37. The van der Waals surface area contributed by atoms with E-state index in [1.54, 1.807) is 16.4 Å². The Hall–Kier alpha value is -3.61. The van der Waals surface area contributed by atoms with Gasteiger partial charge in [-0.05, 0) is 29.2 Å². The molecule has 2 heterocycles. The fourth-order valence-corrected chi connectivity index (χ4v) is 4.57. The summed E-state index contributed by atoms with van der Waals surface area (Å²) in [6.45, 7) is 2.95. The van der Waals surface area contributed by atoms with Gasteiger partial charge in [0, 0.05) is 19.0 Å². The number of carbonyl (C=O) groups excluding carboxylic acids is 1. The summed E-state index contributed by atoms with van der Waals surface area (Å²) in [5, 5.41) is 9.39. The Labute approximate surface area is 173 Å². The maximum absolute atomic E-state index is 12.8. The average molecular weight is 403 g/mol. The van der Waals surface area contributed by atoms with Gasteiger partial charge < -0.3 is 14.4 Å². The lowest BCUT2D eigenvalue weighted by atomic mass is 9.98. The van der Waals surface area contributed by atoms with Gasteiger partial charge in [-0.3, -0.25) is 4.90 Å². The van der Waals surface area contributed by atoms with Crippen LogP contribution in [-0.4, -0.2) is 44.8 Å². The van der Waals surface area contributed by atoms with Crippen molar-refractivity contribution >= 4 is 12.1 Å². The van der Waals surface area contributed by atoms with Crippen molar-refractivity contribution in [2.45, 2.75) is 25.9 Å². The normalized spacial score (nSPS) is 14.8. The molecule has 2 aromatic carbocycles. The molecule has 0 fully saturated rings. The molecular formula is C23H21N3O4. The lowest BCUT2D eigenvalue weighted by Gasteiger charge is -2.28. The summed E-state index contributed by atoms with van der Waals surface area (Å²) >= 11 is 0. The van der Waals surface area contributed by atoms with Crippen molar-refractivity contribution in [3.63, 3.8) is 0 Å². The SMILES string of the molecule is Cc1nc2n(c1C(=O)O)CCN(C(=O)OCC1c3ccccc3-c3ccccc31)C2. The van der Waals surface area contributed by atoms with Gasteiger partial charge in [-0.2, -0.15) is 0 Å². The second kappa shape index (κ2) is 7.02. The van der Waals surface area contributed by atoms with Gasteiger partial charge in [0.25, 0.3) is 0 Å². The number of carboxylic acid groups (broad SMARTS) is 1. The van der Waals surface area contributed by atoms with E-state index in [1.165, 1.54) is 22.3 Å². The Balaban J connectivity index is 1.32. The number of nitrogens with zero attached hydrogens (tertiary/aromatic N) is 3. The number of aryl methyl sites for hydroxylation is 1. The highest BCUT2D eigenvalue weighted by Gasteiger charge is 2.31. The molecular weight excluding hydrogens is 382 g/mol. The van der Waals surface area contributed by atoms with E-state index in [9.17, 15) is 14.7 Å². The molecule has 1 aliphatic carbocycles. The van der Waals surface area contributed by atoms with Crippen LogP contribution >= 0.6 is 0 Å². The molecule has 3 aromatic rings. The summed E-state index contributed by atoms with van der Waals surface area (Å²) in [4.78, 5) is 30.1. The van der Waals surface area contributed by atoms with Gasteiger partial charge in [0.2, 0.25) is 0 Å². The molecule has 0 saturated heterocycles. The molecule has 0 radical (unpaired) electrons. The predicted octanol–water partition coefficient (Wildman–Crippen LogP) is 3.65. The Morgan fingerprint density at radius 1 is 1.07 bits per heavy atom. The first kappa shape index (κ1) is 18.4. The van der Waals surface area contributed by atoms with Gasteiger partial charge in [0.1, 0.15) is 18.1 Å². The molecule has 0 saturated carbocycles. The fourth-order valence-electron chi connectivity index (χ4n) is 4.57. The number of amides is 1. The highest BCUT2D eigenvalue weighted by molar-refractivity contribution is 5.87. The Morgan fingerprint density at radius 3 is 2.33 bits per heavy atom. The Morgan fingerprint density at radius 2 is 1.70 bits per heavy atom. The van der Waals surface area contributed by atoms with Crippen molar-refractivity contribution < 1.29 is 19.4 Å². The minimum atomic E-state index is -0.999. The maximum Gasteiger partial charge on any atom is 0.410 e. The lowest BCUT2D eigenvalue weighted by molar-refractivity contribution is 0.0677. The number of hydrogen-bond donors (Lipinski definition) is 1. The van der Waals surface area contributed by atoms with Gasteiger partial charge in [-0.1, -0.05) is 48.5 Å². The van der Waals surface area contributed by atoms with Crippen molar-refractivity contribution in [3.05, 3.63) is 76.9 Å². The molecule has 30 heavy (non-hydrogen) atoms. The number of hydrogen-bond acceptors (Lipinski definition) is 4. The largest absolute Gasteiger partial charge is 0.477 e. The number of imidazole rings is 1. The number of fused-ring (bicyclic) bond motifs is 4. The standard InChI is InChI=1S/C23H21N3O4/c1-14-21(22(27)28)26-11-10-25(12-20(26)24-14)23(29)30-13-19-17-8-4-2-6-15(17)16-7-3-5-9-18(16)19/h2-9,19H,10-13H2,1H3,(H,27,28). The summed E-state index contributed by atoms with van der Waals surface area (Å²) in [6.07, 6.45) is -0.402. The molecule has 1 aromatic heterocycles. The first-order valence-electron chi connectivity index (χ1n) is 9.94. The quantitative estimate of drug-likeness (QED) is 0.722. The van der Waals surface area contributed by atoms with Gasteiger partial charge in [-0.25, -0.2) is 14.6 Å². The van der Waals surface area contributed by atoms with E-state index >= 15 is 0 Å². The van der Waals surface area contributed by atoms with Crippen LogP contribution in [0.25, 0.3) is 11.1 Å². The number of benzene rings is 2. The minimum absolute atomic E-state index is 0.00832. The molecule has 1 amide bonds. The summed E-state index contributed by atoms with van der Waals surface area (Å²) < 4.78 is 7.38. The number of carboxylic acids is 1. The van der Waals surface area contributed by atoms with Crippen LogP contribution < -0.4 is 0 Å². The predicted molar refractivity (Wildman–Crippen MR) is 109 cm³/mol. The van der Waals surface area contributed by atoms with Crippen LogP contribution in [0.15, 0.2) is 48.5 Å². The first-order valence-corrected chi connectivity index (χ1v) is 9.94. The molecule has 7 nitrogen and oxygen atoms in total. The third-order valence-electron chi connectivity index (χ3n) is 5.94. The molecule has 7 heteroatoms. The fraction of sp³-hybridized carbons (Fsp3) is 0.261. The van der Waals surface area contributed by atoms with Crippen LogP contribution in [0, 0.1) is 6.92 Å². The molecule has 152 valence electrons. The van der Waals surface area contributed by atoms with E-state index in [2.05, 4.69) is 29.2 Å². The van der Waals surface area contributed by atoms with Gasteiger partial charge in [0.15, 0.2) is 0 Å². The van der Waals surface area contributed by atoms with Crippen molar-refractivity contribution in [2.24, 2.45) is 0 Å². The smallest absolute Gasteiger partial charge is 0.410 e. The number of carbonyl (C=O) groups is 2. The van der Waals surface area contributed by atoms with Crippen LogP contribution in [0.4, 0.5) is 4.79 Å². The molecule has 0 bridgehead atoms. The maximum atomic E-state index is 12.8. The minimum Gasteiger partial charge on any atom is -0.477 e. The molecule has 1 N–H and O–H groups in total. The molecule has 0 unspecified atom stereocenters. The zero-order valence-corrected chi connectivity index (χ0v) is 16.5. The van der Waals surface area contributed by atoms with Crippen molar-refractivity contribution in [2.75, 3.05) is 13.2 Å². The van der Waals surface area contributed by atoms with E-state index in [1.807, 2.05) is 24.3 Å². The van der Waals surface area contributed by atoms with Crippen LogP contribution in [0.1, 0.15) is 39.1 Å². The van der Waals surface area contributed by atoms with Gasteiger partial charge in [0.05, 0.1) is 12.2 Å². The van der Waals surface area contributed by atoms with Gasteiger partial charge in [-0.15, -0.1) is 0 Å². The topological polar surface area (TPSA) is 84.7 Å². The van der Waals surface area contributed by atoms with Crippen molar-refractivity contribution in [1.29, 1.82) is 0 Å². The van der Waals surface area contributed by atoms with Crippen molar-refractivity contribution in [3.8, 4) is 11.1 Å². The molecule has 0 spiro atoms. The van der Waals surface area contributed by atoms with Gasteiger partial charge >= 0.3 is 12.1 Å². The monoisotopic (exact) mass is 403 g/mol. The molecule has 5 rings (SSSR count). The number of aromatic carboxylic acids is 1.